The lowest BCUT2D eigenvalue weighted by Crippen LogP contribution is -2.47. The van der Waals surface area contributed by atoms with Gasteiger partial charge in [-0.2, -0.15) is 0 Å². The molecule has 5 nitrogen and oxygen atoms in total. The van der Waals surface area contributed by atoms with Gasteiger partial charge in [0.15, 0.2) is 5.96 Å². The van der Waals surface area contributed by atoms with Gasteiger partial charge in [0.25, 0.3) is 0 Å². The van der Waals surface area contributed by atoms with Crippen molar-refractivity contribution in [3.63, 3.8) is 0 Å². The zero-order chi connectivity index (χ0) is 16.5. The molecular formula is C18H30N4O. The minimum absolute atomic E-state index is 0.398. The van der Waals surface area contributed by atoms with Crippen LogP contribution in [0.25, 0.3) is 0 Å². The number of hydrogen-bond donors (Lipinski definition) is 2. The van der Waals surface area contributed by atoms with E-state index in [4.69, 9.17) is 4.74 Å². The second kappa shape index (κ2) is 8.87. The summed E-state index contributed by atoms with van der Waals surface area (Å²) < 4.78 is 5.25. The highest BCUT2D eigenvalue weighted by atomic mass is 16.5. The van der Waals surface area contributed by atoms with Gasteiger partial charge in [0.2, 0.25) is 0 Å². The third-order valence-corrected chi connectivity index (χ3v) is 4.93. The molecule has 128 valence electrons. The molecule has 1 aromatic heterocycles. The van der Waals surface area contributed by atoms with Crippen molar-refractivity contribution in [3.05, 3.63) is 29.6 Å². The van der Waals surface area contributed by atoms with Gasteiger partial charge in [-0.3, -0.25) is 9.98 Å². The third-order valence-electron chi connectivity index (χ3n) is 4.93. The average Bonchev–Trinajstić information content (AvgIpc) is 2.53. The zero-order valence-electron chi connectivity index (χ0n) is 14.7. The van der Waals surface area contributed by atoms with E-state index in [2.05, 4.69) is 33.6 Å². The fourth-order valence-electron chi connectivity index (χ4n) is 3.10. The largest absolute Gasteiger partial charge is 0.385 e. The van der Waals surface area contributed by atoms with Crippen LogP contribution >= 0.6 is 0 Å². The first-order valence-electron chi connectivity index (χ1n) is 8.52. The Balaban J connectivity index is 1.74. The van der Waals surface area contributed by atoms with Crippen molar-refractivity contribution in [1.82, 2.24) is 15.6 Å². The predicted octanol–water partition coefficient (Wildman–Crippen LogP) is 2.30. The molecule has 1 aliphatic carbocycles. The Morgan fingerprint density at radius 2 is 2.22 bits per heavy atom. The Labute approximate surface area is 139 Å². The maximum atomic E-state index is 5.25. The second-order valence-corrected chi connectivity index (χ2v) is 6.50. The van der Waals surface area contributed by atoms with Crippen LogP contribution in [0.1, 0.15) is 36.8 Å². The monoisotopic (exact) mass is 318 g/mol. The van der Waals surface area contributed by atoms with E-state index in [1.54, 1.807) is 7.11 Å². The topological polar surface area (TPSA) is 58.5 Å². The van der Waals surface area contributed by atoms with Crippen molar-refractivity contribution < 1.29 is 4.74 Å². The number of nitrogens with one attached hydrogen (secondary N) is 2. The highest BCUT2D eigenvalue weighted by Crippen LogP contribution is 2.43. The van der Waals surface area contributed by atoms with E-state index >= 15 is 0 Å². The lowest BCUT2D eigenvalue weighted by atomic mass is 9.67. The minimum atomic E-state index is 0.398. The molecule has 0 radical (unpaired) electrons. The lowest BCUT2D eigenvalue weighted by Gasteiger charge is -2.42. The summed E-state index contributed by atoms with van der Waals surface area (Å²) in [6, 6.07) is 2.08. The van der Waals surface area contributed by atoms with Crippen LogP contribution in [-0.4, -0.2) is 44.8 Å². The predicted molar refractivity (Wildman–Crippen MR) is 94.8 cm³/mol. The quantitative estimate of drug-likeness (QED) is 0.570. The second-order valence-electron chi connectivity index (χ2n) is 6.50. The molecule has 0 amide bonds. The fourth-order valence-corrected chi connectivity index (χ4v) is 3.10. The van der Waals surface area contributed by atoms with Crippen molar-refractivity contribution in [3.8, 4) is 0 Å². The van der Waals surface area contributed by atoms with E-state index in [0.29, 0.717) is 5.41 Å². The molecule has 0 aromatic carbocycles. The SMILES string of the molecule is CN=C(NCCc1ccncc1C)NCC1(CCOC)CCC1. The van der Waals surface area contributed by atoms with Crippen LogP contribution in [0.15, 0.2) is 23.5 Å². The lowest BCUT2D eigenvalue weighted by molar-refractivity contribution is 0.0732. The molecule has 1 fully saturated rings. The number of aromatic nitrogens is 1. The van der Waals surface area contributed by atoms with E-state index in [-0.39, 0.29) is 0 Å². The first-order chi connectivity index (χ1) is 11.2. The number of methoxy groups -OCH3 is 1. The highest BCUT2D eigenvalue weighted by Gasteiger charge is 2.36. The summed E-state index contributed by atoms with van der Waals surface area (Å²) in [5.74, 6) is 0.889. The number of hydrogen-bond acceptors (Lipinski definition) is 3. The molecule has 0 aliphatic heterocycles. The summed E-state index contributed by atoms with van der Waals surface area (Å²) in [5.41, 5.74) is 2.97. The summed E-state index contributed by atoms with van der Waals surface area (Å²) in [6.45, 7) is 4.79. The van der Waals surface area contributed by atoms with E-state index in [1.165, 1.54) is 30.4 Å². The molecule has 2 rings (SSSR count). The van der Waals surface area contributed by atoms with Crippen molar-refractivity contribution >= 4 is 5.96 Å². The van der Waals surface area contributed by atoms with Crippen LogP contribution < -0.4 is 10.6 Å². The fraction of sp³-hybridized carbons (Fsp3) is 0.667. The van der Waals surface area contributed by atoms with Gasteiger partial charge in [-0.1, -0.05) is 6.42 Å². The Hall–Kier alpha value is -1.62. The Bertz CT molecular complexity index is 511. The molecule has 0 atom stereocenters. The molecule has 0 saturated heterocycles. The summed E-state index contributed by atoms with van der Waals surface area (Å²) in [4.78, 5) is 8.47. The third kappa shape index (κ3) is 5.20. The number of aliphatic imine (C=N–C) groups is 1. The molecule has 1 heterocycles. The molecular weight excluding hydrogens is 288 g/mol. The molecule has 2 N–H and O–H groups in total. The van der Waals surface area contributed by atoms with Crippen LogP contribution in [0.5, 0.6) is 0 Å². The van der Waals surface area contributed by atoms with Crippen LogP contribution in [0.4, 0.5) is 0 Å². The number of nitrogens with zero attached hydrogens (tertiary/aromatic N) is 2. The Morgan fingerprint density at radius 1 is 1.39 bits per heavy atom. The van der Waals surface area contributed by atoms with Gasteiger partial charge in [0.05, 0.1) is 0 Å². The zero-order valence-corrected chi connectivity index (χ0v) is 14.7. The number of aryl methyl sites for hydroxylation is 1. The molecule has 0 unspecified atom stereocenters. The smallest absolute Gasteiger partial charge is 0.191 e. The van der Waals surface area contributed by atoms with Crippen molar-refractivity contribution in [2.45, 2.75) is 39.0 Å². The summed E-state index contributed by atoms with van der Waals surface area (Å²) >= 11 is 0. The average molecular weight is 318 g/mol. The standard InChI is InChI=1S/C18H30N4O/c1-15-13-20-10-5-16(15)6-11-21-17(19-2)22-14-18(7-4-8-18)9-12-23-3/h5,10,13H,4,6-9,11-12,14H2,1-3H3,(H2,19,21,22). The minimum Gasteiger partial charge on any atom is -0.385 e. The van der Waals surface area contributed by atoms with Gasteiger partial charge < -0.3 is 15.4 Å². The van der Waals surface area contributed by atoms with Gasteiger partial charge in [0.1, 0.15) is 0 Å². The van der Waals surface area contributed by atoms with Crippen LogP contribution in [0.3, 0.4) is 0 Å². The van der Waals surface area contributed by atoms with Crippen molar-refractivity contribution in [2.24, 2.45) is 10.4 Å². The summed E-state index contributed by atoms with van der Waals surface area (Å²) in [7, 11) is 3.61. The normalized spacial score (nSPS) is 16.7. The van der Waals surface area contributed by atoms with Gasteiger partial charge in [0, 0.05) is 46.2 Å². The van der Waals surface area contributed by atoms with Crippen molar-refractivity contribution in [1.29, 1.82) is 0 Å². The van der Waals surface area contributed by atoms with Crippen LogP contribution in [-0.2, 0) is 11.2 Å². The van der Waals surface area contributed by atoms with Gasteiger partial charge in [-0.15, -0.1) is 0 Å². The van der Waals surface area contributed by atoms with Crippen molar-refractivity contribution in [2.75, 3.05) is 33.9 Å². The van der Waals surface area contributed by atoms with Gasteiger partial charge in [-0.05, 0) is 55.2 Å². The van der Waals surface area contributed by atoms with Crippen LogP contribution in [0.2, 0.25) is 0 Å². The van der Waals surface area contributed by atoms with Gasteiger partial charge in [-0.25, -0.2) is 0 Å². The molecule has 1 aliphatic rings. The molecule has 23 heavy (non-hydrogen) atoms. The maximum Gasteiger partial charge on any atom is 0.191 e. The number of pyridine rings is 1. The van der Waals surface area contributed by atoms with Gasteiger partial charge >= 0.3 is 0 Å². The first-order valence-corrected chi connectivity index (χ1v) is 8.52. The molecule has 5 heteroatoms. The number of guanidine groups is 1. The molecule has 1 saturated carbocycles. The van der Waals surface area contributed by atoms with Crippen LogP contribution in [0, 0.1) is 12.3 Å². The summed E-state index contributed by atoms with van der Waals surface area (Å²) in [6.07, 6.45) is 9.78. The Kier molecular flexibility index (Phi) is 6.84. The van der Waals surface area contributed by atoms with E-state index < -0.39 is 0 Å². The molecule has 0 bridgehead atoms. The number of ether oxygens (including phenoxy) is 1. The maximum absolute atomic E-state index is 5.25. The summed E-state index contributed by atoms with van der Waals surface area (Å²) in [5, 5.41) is 6.90. The Morgan fingerprint density at radius 3 is 2.83 bits per heavy atom. The number of rotatable bonds is 8. The first kappa shape index (κ1) is 17.7. The van der Waals surface area contributed by atoms with E-state index in [9.17, 15) is 0 Å². The highest BCUT2D eigenvalue weighted by molar-refractivity contribution is 5.79. The van der Waals surface area contributed by atoms with E-state index in [1.807, 2.05) is 19.4 Å². The molecule has 0 spiro atoms. The molecule has 1 aromatic rings. The van der Waals surface area contributed by atoms with E-state index in [0.717, 1.165) is 38.5 Å².